The molecule has 6 aromatic carbocycles. The van der Waals surface area contributed by atoms with Crippen LogP contribution in [0.15, 0.2) is 133 Å². The molecule has 9 rings (SSSR count). The van der Waals surface area contributed by atoms with Crippen LogP contribution in [0.1, 0.15) is 91.1 Å². The van der Waals surface area contributed by atoms with E-state index in [1.165, 1.54) is 106 Å². The molecule has 0 aliphatic heterocycles. The number of allylic oxidation sites excluding steroid dienone is 2. The second-order valence-electron chi connectivity index (χ2n) is 17.9. The van der Waals surface area contributed by atoms with Crippen molar-refractivity contribution in [3.8, 4) is 22.3 Å². The van der Waals surface area contributed by atoms with Crippen molar-refractivity contribution in [2.75, 3.05) is 9.80 Å². The molecule has 56 heavy (non-hydrogen) atoms. The van der Waals surface area contributed by atoms with E-state index in [0.29, 0.717) is 0 Å². The number of nitrogens with zero attached hydrogens (tertiary/aromatic N) is 2. The first-order chi connectivity index (χ1) is 26.7. The first-order valence-electron chi connectivity index (χ1n) is 20.4. The zero-order valence-corrected chi connectivity index (χ0v) is 34.8. The molecule has 0 heterocycles. The minimum atomic E-state index is -0.206. The molecule has 3 aliphatic rings. The second-order valence-corrected chi connectivity index (χ2v) is 17.9. The summed E-state index contributed by atoms with van der Waals surface area (Å²) in [6.45, 7) is 23.3. The van der Waals surface area contributed by atoms with E-state index in [4.69, 9.17) is 0 Å². The van der Waals surface area contributed by atoms with E-state index in [0.717, 1.165) is 6.42 Å². The average Bonchev–Trinajstić information content (AvgIpc) is 3.52. The van der Waals surface area contributed by atoms with Crippen molar-refractivity contribution in [3.63, 3.8) is 0 Å². The monoisotopic (exact) mass is 730 g/mol. The van der Waals surface area contributed by atoms with Gasteiger partial charge in [-0.1, -0.05) is 100 Å². The molecule has 0 saturated heterocycles. The van der Waals surface area contributed by atoms with Crippen LogP contribution < -0.4 is 9.80 Å². The predicted octanol–water partition coefficient (Wildman–Crippen LogP) is 14.7. The van der Waals surface area contributed by atoms with Gasteiger partial charge in [0.25, 0.3) is 0 Å². The molecule has 2 heteroatoms. The van der Waals surface area contributed by atoms with Gasteiger partial charge in [0.15, 0.2) is 0 Å². The lowest BCUT2D eigenvalue weighted by Crippen LogP contribution is -2.31. The SMILES string of the molecule is CC1=CC=CC(N(c2cccc(C)c2)c2cc(C)c3c(c2)C(C)(C)c2c-3ccc3c2C(C)(C)c2cc(N(c4cccc(C)c4)c4cccc(C)c4)cc(C)c2-3)C1. The topological polar surface area (TPSA) is 6.48 Å². The third-order valence-corrected chi connectivity index (χ3v) is 12.9. The zero-order valence-electron chi connectivity index (χ0n) is 34.8. The molecule has 0 radical (unpaired) electrons. The van der Waals surface area contributed by atoms with Gasteiger partial charge >= 0.3 is 0 Å². The fourth-order valence-corrected chi connectivity index (χ4v) is 10.4. The highest BCUT2D eigenvalue weighted by Crippen LogP contribution is 2.61. The maximum Gasteiger partial charge on any atom is 0.0562 e. The van der Waals surface area contributed by atoms with Crippen molar-refractivity contribution in [1.29, 1.82) is 0 Å². The van der Waals surface area contributed by atoms with Gasteiger partial charge in [0, 0.05) is 39.3 Å². The Hall–Kier alpha value is -5.60. The van der Waals surface area contributed by atoms with Gasteiger partial charge in [0.05, 0.1) is 6.04 Å². The molecule has 3 aliphatic carbocycles. The third-order valence-electron chi connectivity index (χ3n) is 12.9. The highest BCUT2D eigenvalue weighted by Gasteiger charge is 2.47. The van der Waals surface area contributed by atoms with E-state index in [-0.39, 0.29) is 16.9 Å². The number of hydrogen-bond donors (Lipinski definition) is 0. The van der Waals surface area contributed by atoms with Crippen LogP contribution in [0, 0.1) is 34.6 Å². The van der Waals surface area contributed by atoms with E-state index in [9.17, 15) is 0 Å². The first-order valence-corrected chi connectivity index (χ1v) is 20.4. The Bertz CT molecular complexity index is 2600. The van der Waals surface area contributed by atoms with Crippen LogP contribution in [0.5, 0.6) is 0 Å². The molecular weight excluding hydrogens is 677 g/mol. The van der Waals surface area contributed by atoms with Crippen LogP contribution in [0.4, 0.5) is 28.4 Å². The van der Waals surface area contributed by atoms with Crippen molar-refractivity contribution < 1.29 is 0 Å². The van der Waals surface area contributed by atoms with E-state index < -0.39 is 0 Å². The van der Waals surface area contributed by atoms with Crippen LogP contribution in [0.2, 0.25) is 0 Å². The van der Waals surface area contributed by atoms with Gasteiger partial charge in [0.1, 0.15) is 0 Å². The summed E-state index contributed by atoms with van der Waals surface area (Å²) < 4.78 is 0. The largest absolute Gasteiger partial charge is 0.334 e. The lowest BCUT2D eigenvalue weighted by molar-refractivity contribution is 0.601. The van der Waals surface area contributed by atoms with Crippen LogP contribution in [0.25, 0.3) is 22.3 Å². The van der Waals surface area contributed by atoms with E-state index >= 15 is 0 Å². The number of hydrogen-bond acceptors (Lipinski definition) is 2. The summed E-state index contributed by atoms with van der Waals surface area (Å²) in [5.74, 6) is 0. The van der Waals surface area contributed by atoms with Crippen molar-refractivity contribution >= 4 is 28.4 Å². The molecule has 6 aromatic rings. The molecule has 2 nitrogen and oxygen atoms in total. The van der Waals surface area contributed by atoms with Gasteiger partial charge in [-0.3, -0.25) is 0 Å². The number of fused-ring (bicyclic) bond motifs is 7. The fraction of sp³-hybridized carbons (Fsp3) is 0.259. The van der Waals surface area contributed by atoms with E-state index in [1.807, 2.05) is 0 Å². The quantitative estimate of drug-likeness (QED) is 0.168. The molecule has 0 fully saturated rings. The van der Waals surface area contributed by atoms with Crippen LogP contribution in [0.3, 0.4) is 0 Å². The molecule has 0 spiro atoms. The van der Waals surface area contributed by atoms with Crippen molar-refractivity contribution in [1.82, 2.24) is 0 Å². The molecule has 0 amide bonds. The molecule has 0 bridgehead atoms. The highest BCUT2D eigenvalue weighted by molar-refractivity contribution is 5.95. The Morgan fingerprint density at radius 2 is 0.964 bits per heavy atom. The van der Waals surface area contributed by atoms with Gasteiger partial charge in [-0.15, -0.1) is 0 Å². The fourth-order valence-electron chi connectivity index (χ4n) is 10.4. The second kappa shape index (κ2) is 13.0. The Morgan fingerprint density at radius 1 is 0.500 bits per heavy atom. The Balaban J connectivity index is 1.19. The Labute approximate surface area is 334 Å². The number of benzene rings is 6. The van der Waals surface area contributed by atoms with Gasteiger partial charge in [-0.05, 0) is 181 Å². The molecule has 0 saturated carbocycles. The first kappa shape index (κ1) is 36.1. The summed E-state index contributed by atoms with van der Waals surface area (Å²) in [4.78, 5) is 5.02. The number of rotatable bonds is 6. The highest BCUT2D eigenvalue weighted by atomic mass is 15.2. The van der Waals surface area contributed by atoms with Crippen molar-refractivity contribution in [2.24, 2.45) is 0 Å². The molecule has 0 N–H and O–H groups in total. The zero-order chi connectivity index (χ0) is 39.3. The molecular formula is C54H54N2. The van der Waals surface area contributed by atoms with Gasteiger partial charge in [0.2, 0.25) is 0 Å². The van der Waals surface area contributed by atoms with E-state index in [1.54, 1.807) is 0 Å². The summed E-state index contributed by atoms with van der Waals surface area (Å²) in [5, 5.41) is 0. The standard InChI is InChI=1S/C54H54N2/c1-33-15-11-19-39(25-33)55(40-20-12-16-34(2)26-40)43-29-37(5)49-45-23-24-46-50-38(6)30-44(32-48(50)54(9,10)52(46)51(45)53(7,8)47(49)31-43)56(41-21-13-17-35(3)27-41)42-22-14-18-36(4)28-42/h11-27,29-32,42H,28H2,1-10H3. The summed E-state index contributed by atoms with van der Waals surface area (Å²) in [6, 6.07) is 41.8. The smallest absolute Gasteiger partial charge is 0.0562 e. The maximum absolute atomic E-state index is 2.58. The van der Waals surface area contributed by atoms with Gasteiger partial charge in [-0.25, -0.2) is 0 Å². The summed E-state index contributed by atoms with van der Waals surface area (Å²) in [6.07, 6.45) is 7.88. The molecule has 0 aromatic heterocycles. The predicted molar refractivity (Wildman–Crippen MR) is 240 cm³/mol. The Kier molecular flexibility index (Phi) is 8.36. The van der Waals surface area contributed by atoms with E-state index in [2.05, 4.69) is 206 Å². The van der Waals surface area contributed by atoms with Gasteiger partial charge < -0.3 is 9.80 Å². The molecule has 280 valence electrons. The number of aryl methyl sites for hydroxylation is 5. The molecule has 1 unspecified atom stereocenters. The Morgan fingerprint density at radius 3 is 1.46 bits per heavy atom. The van der Waals surface area contributed by atoms with Crippen LogP contribution in [-0.4, -0.2) is 6.04 Å². The minimum Gasteiger partial charge on any atom is -0.334 e. The summed E-state index contributed by atoms with van der Waals surface area (Å²) >= 11 is 0. The number of anilines is 5. The normalized spacial score (nSPS) is 16.8. The van der Waals surface area contributed by atoms with Crippen molar-refractivity contribution in [3.05, 3.63) is 183 Å². The third kappa shape index (κ3) is 5.60. The average molecular weight is 731 g/mol. The summed E-state index contributed by atoms with van der Waals surface area (Å²) in [7, 11) is 0. The lowest BCUT2D eigenvalue weighted by Gasteiger charge is -2.35. The van der Waals surface area contributed by atoms with Gasteiger partial charge in [-0.2, -0.15) is 0 Å². The van der Waals surface area contributed by atoms with Crippen molar-refractivity contribution in [2.45, 2.75) is 92.5 Å². The maximum atomic E-state index is 2.58. The lowest BCUT2D eigenvalue weighted by atomic mass is 9.72. The van der Waals surface area contributed by atoms with Crippen LogP contribution in [-0.2, 0) is 10.8 Å². The molecule has 1 atom stereocenters. The van der Waals surface area contributed by atoms with Crippen LogP contribution >= 0.6 is 0 Å². The minimum absolute atomic E-state index is 0.196. The summed E-state index contributed by atoms with van der Waals surface area (Å²) in [5.41, 5.74) is 24.9.